The summed E-state index contributed by atoms with van der Waals surface area (Å²) in [4.78, 5) is 21.8. The molecule has 0 aliphatic heterocycles. The van der Waals surface area contributed by atoms with Gasteiger partial charge in [-0.1, -0.05) is 11.6 Å². The summed E-state index contributed by atoms with van der Waals surface area (Å²) in [6, 6.07) is 3.15. The molecular weight excluding hydrogens is 283 g/mol. The maximum atomic E-state index is 11.1. The third kappa shape index (κ3) is 3.04. The molecule has 0 aliphatic rings. The molecule has 3 nitrogen and oxygen atoms in total. The van der Waals surface area contributed by atoms with Crippen LogP contribution in [0.15, 0.2) is 16.6 Å². The second kappa shape index (κ2) is 5.28. The van der Waals surface area contributed by atoms with Crippen molar-refractivity contribution in [3.8, 4) is 0 Å². The molecule has 1 rings (SSSR count). The molecule has 0 spiro atoms. The molecule has 0 atom stereocenters. The average Bonchev–Trinajstić information content (AvgIpc) is 2.22. The topological polar surface area (TPSA) is 43.4 Å². The minimum Gasteiger partial charge on any atom is -0.469 e. The van der Waals surface area contributed by atoms with Gasteiger partial charge in [-0.3, -0.25) is 9.59 Å². The Hall–Kier alpha value is -0.870. The Balaban J connectivity index is 3.10. The molecule has 1 aromatic carbocycles. The van der Waals surface area contributed by atoms with E-state index in [1.807, 2.05) is 0 Å². The Labute approximate surface area is 100 Å². The number of methoxy groups -OCH3 is 1. The quantitative estimate of drug-likeness (QED) is 0.635. The third-order valence-electron chi connectivity index (χ3n) is 1.87. The molecule has 5 heteroatoms. The van der Waals surface area contributed by atoms with Crippen LogP contribution in [0.25, 0.3) is 0 Å². The smallest absolute Gasteiger partial charge is 0.310 e. The summed E-state index contributed by atoms with van der Waals surface area (Å²) in [6.45, 7) is 0. The van der Waals surface area contributed by atoms with E-state index in [0.717, 1.165) is 0 Å². The number of esters is 1. The van der Waals surface area contributed by atoms with Gasteiger partial charge in [0.25, 0.3) is 0 Å². The van der Waals surface area contributed by atoms with Crippen molar-refractivity contribution in [3.05, 3.63) is 32.8 Å². The van der Waals surface area contributed by atoms with Gasteiger partial charge in [0, 0.05) is 10.0 Å². The average molecular weight is 292 g/mol. The molecule has 0 radical (unpaired) electrons. The summed E-state index contributed by atoms with van der Waals surface area (Å²) in [5.74, 6) is -0.406. The fourth-order valence-corrected chi connectivity index (χ4v) is 1.64. The number of carbonyl (C=O) groups excluding carboxylic acids is 2. The van der Waals surface area contributed by atoms with Crippen LogP contribution < -0.4 is 0 Å². The summed E-state index contributed by atoms with van der Waals surface area (Å²) in [5, 5.41) is 0.458. The first-order valence-corrected chi connectivity index (χ1v) is 5.25. The van der Waals surface area contributed by atoms with E-state index >= 15 is 0 Å². The Bertz CT molecular complexity index is 404. The number of halogens is 2. The molecule has 0 aliphatic carbocycles. The van der Waals surface area contributed by atoms with Crippen molar-refractivity contribution in [2.24, 2.45) is 0 Å². The lowest BCUT2D eigenvalue weighted by atomic mass is 10.1. The van der Waals surface area contributed by atoms with Crippen molar-refractivity contribution >= 4 is 39.8 Å². The molecule has 0 N–H and O–H groups in total. The van der Waals surface area contributed by atoms with Crippen LogP contribution in [0, 0.1) is 0 Å². The number of ether oxygens (including phenoxy) is 1. The molecule has 0 aromatic heterocycles. The maximum Gasteiger partial charge on any atom is 0.310 e. The lowest BCUT2D eigenvalue weighted by molar-refractivity contribution is -0.139. The number of rotatable bonds is 3. The number of aldehydes is 1. The van der Waals surface area contributed by atoms with Crippen molar-refractivity contribution in [2.75, 3.05) is 7.11 Å². The highest BCUT2D eigenvalue weighted by atomic mass is 79.9. The molecule has 80 valence electrons. The van der Waals surface area contributed by atoms with Crippen LogP contribution in [0.3, 0.4) is 0 Å². The SMILES string of the molecule is COC(=O)Cc1cc(Cl)c(Br)cc1C=O. The van der Waals surface area contributed by atoms with Crippen LogP contribution in [0.5, 0.6) is 0 Å². The van der Waals surface area contributed by atoms with Gasteiger partial charge in [0.2, 0.25) is 0 Å². The molecule has 0 fully saturated rings. The maximum absolute atomic E-state index is 11.1. The number of benzene rings is 1. The first-order valence-electron chi connectivity index (χ1n) is 4.08. The molecule has 0 saturated carbocycles. The van der Waals surface area contributed by atoms with Gasteiger partial charge in [0.05, 0.1) is 18.6 Å². The van der Waals surface area contributed by atoms with Gasteiger partial charge < -0.3 is 4.74 Å². The van der Waals surface area contributed by atoms with E-state index in [-0.39, 0.29) is 6.42 Å². The first kappa shape index (κ1) is 12.2. The highest BCUT2D eigenvalue weighted by Crippen LogP contribution is 2.26. The Morgan fingerprint density at radius 2 is 2.27 bits per heavy atom. The Morgan fingerprint density at radius 1 is 1.60 bits per heavy atom. The van der Waals surface area contributed by atoms with Gasteiger partial charge in [-0.15, -0.1) is 0 Å². The van der Waals surface area contributed by atoms with Crippen molar-refractivity contribution in [3.63, 3.8) is 0 Å². The van der Waals surface area contributed by atoms with Crippen LogP contribution in [-0.2, 0) is 16.0 Å². The second-order valence-electron chi connectivity index (χ2n) is 2.84. The standard InChI is InChI=1S/C10H8BrClO3/c1-15-10(14)4-6-3-9(12)8(11)2-7(6)5-13/h2-3,5H,4H2,1H3. The van der Waals surface area contributed by atoms with Crippen molar-refractivity contribution in [1.29, 1.82) is 0 Å². The molecule has 15 heavy (non-hydrogen) atoms. The highest BCUT2D eigenvalue weighted by molar-refractivity contribution is 9.10. The number of hydrogen-bond acceptors (Lipinski definition) is 3. The third-order valence-corrected chi connectivity index (χ3v) is 3.07. The summed E-state index contributed by atoms with van der Waals surface area (Å²) < 4.78 is 5.14. The zero-order valence-electron chi connectivity index (χ0n) is 7.92. The fraction of sp³-hybridized carbons (Fsp3) is 0.200. The van der Waals surface area contributed by atoms with Crippen molar-refractivity contribution < 1.29 is 14.3 Å². The Kier molecular flexibility index (Phi) is 4.29. The van der Waals surface area contributed by atoms with E-state index in [1.54, 1.807) is 12.1 Å². The minimum atomic E-state index is -0.406. The molecule has 0 saturated heterocycles. The number of carbonyl (C=O) groups is 2. The second-order valence-corrected chi connectivity index (χ2v) is 4.10. The van der Waals surface area contributed by atoms with Crippen LogP contribution >= 0.6 is 27.5 Å². The first-order chi connectivity index (χ1) is 7.08. The lowest BCUT2D eigenvalue weighted by Crippen LogP contribution is -2.06. The normalized spacial score (nSPS) is 9.80. The minimum absolute atomic E-state index is 0.0393. The Morgan fingerprint density at radius 3 is 2.80 bits per heavy atom. The van der Waals surface area contributed by atoms with Gasteiger partial charge in [0.1, 0.15) is 6.29 Å². The number of hydrogen-bond donors (Lipinski definition) is 0. The predicted molar refractivity (Wildman–Crippen MR) is 60.3 cm³/mol. The zero-order valence-corrected chi connectivity index (χ0v) is 10.3. The predicted octanol–water partition coefficient (Wildman–Crippen LogP) is 2.63. The zero-order chi connectivity index (χ0) is 11.4. The highest BCUT2D eigenvalue weighted by Gasteiger charge is 2.10. The van der Waals surface area contributed by atoms with Gasteiger partial charge in [-0.05, 0) is 33.6 Å². The molecule has 0 amide bonds. The fourth-order valence-electron chi connectivity index (χ4n) is 1.09. The van der Waals surface area contributed by atoms with Gasteiger partial charge >= 0.3 is 5.97 Å². The van der Waals surface area contributed by atoms with Crippen molar-refractivity contribution in [1.82, 2.24) is 0 Å². The van der Waals surface area contributed by atoms with E-state index in [4.69, 9.17) is 11.6 Å². The van der Waals surface area contributed by atoms with Gasteiger partial charge in [-0.25, -0.2) is 0 Å². The van der Waals surface area contributed by atoms with Gasteiger partial charge in [-0.2, -0.15) is 0 Å². The largest absolute Gasteiger partial charge is 0.469 e. The lowest BCUT2D eigenvalue weighted by Gasteiger charge is -2.05. The van der Waals surface area contributed by atoms with Crippen molar-refractivity contribution in [2.45, 2.75) is 6.42 Å². The molecule has 1 aromatic rings. The summed E-state index contributed by atoms with van der Waals surface area (Å²) in [7, 11) is 1.30. The summed E-state index contributed by atoms with van der Waals surface area (Å²) in [5.41, 5.74) is 0.988. The van der Waals surface area contributed by atoms with Crippen LogP contribution in [-0.4, -0.2) is 19.4 Å². The monoisotopic (exact) mass is 290 g/mol. The molecular formula is C10H8BrClO3. The van der Waals surface area contributed by atoms with E-state index in [9.17, 15) is 9.59 Å². The van der Waals surface area contributed by atoms with Crippen LogP contribution in [0.4, 0.5) is 0 Å². The molecule has 0 heterocycles. The van der Waals surface area contributed by atoms with E-state index in [1.165, 1.54) is 7.11 Å². The van der Waals surface area contributed by atoms with Crippen LogP contribution in [0.2, 0.25) is 5.02 Å². The molecule has 0 unspecified atom stereocenters. The van der Waals surface area contributed by atoms with E-state index < -0.39 is 5.97 Å². The summed E-state index contributed by atoms with van der Waals surface area (Å²) >= 11 is 9.05. The van der Waals surface area contributed by atoms with E-state index in [2.05, 4.69) is 20.7 Å². The van der Waals surface area contributed by atoms with Gasteiger partial charge in [0.15, 0.2) is 0 Å². The summed E-state index contributed by atoms with van der Waals surface area (Å²) in [6.07, 6.45) is 0.719. The van der Waals surface area contributed by atoms with Crippen LogP contribution in [0.1, 0.15) is 15.9 Å². The van der Waals surface area contributed by atoms with E-state index in [0.29, 0.717) is 26.9 Å². The molecule has 0 bridgehead atoms.